The molecule has 5 unspecified atom stereocenters. The summed E-state index contributed by atoms with van der Waals surface area (Å²) in [4.78, 5) is 32.6. The van der Waals surface area contributed by atoms with Crippen molar-refractivity contribution in [2.45, 2.75) is 65.2 Å². The van der Waals surface area contributed by atoms with E-state index >= 15 is 0 Å². The summed E-state index contributed by atoms with van der Waals surface area (Å²) in [6.45, 7) is 5.63. The maximum Gasteiger partial charge on any atom is 0.274 e. The molecule has 2 heterocycles. The zero-order valence-electron chi connectivity index (χ0n) is 19.3. The van der Waals surface area contributed by atoms with Gasteiger partial charge >= 0.3 is 0 Å². The third kappa shape index (κ3) is 3.09. The number of hydrogen-bond acceptors (Lipinski definition) is 3. The van der Waals surface area contributed by atoms with Crippen LogP contribution in [0.4, 0.5) is 5.82 Å². The molecular formula is C26H34N4O2. The van der Waals surface area contributed by atoms with Gasteiger partial charge in [-0.15, -0.1) is 0 Å². The number of hydrogen-bond donors (Lipinski definition) is 1. The monoisotopic (exact) mass is 434 g/mol. The van der Waals surface area contributed by atoms with Crippen LogP contribution in [-0.4, -0.2) is 39.2 Å². The smallest absolute Gasteiger partial charge is 0.274 e. The summed E-state index contributed by atoms with van der Waals surface area (Å²) < 4.78 is 1.85. The molecule has 0 radical (unpaired) electrons. The molecule has 170 valence electrons. The maximum absolute atomic E-state index is 13.1. The van der Waals surface area contributed by atoms with E-state index in [9.17, 15) is 9.59 Å². The Morgan fingerprint density at radius 1 is 1.19 bits per heavy atom. The number of carbonyl (C=O) groups excluding carboxylic acids is 2. The predicted octanol–water partition coefficient (Wildman–Crippen LogP) is 4.75. The van der Waals surface area contributed by atoms with Gasteiger partial charge in [-0.1, -0.05) is 19.9 Å². The lowest BCUT2D eigenvalue weighted by Crippen LogP contribution is -2.32. The van der Waals surface area contributed by atoms with Gasteiger partial charge in [-0.25, -0.2) is 4.98 Å². The van der Waals surface area contributed by atoms with Gasteiger partial charge in [-0.2, -0.15) is 0 Å². The van der Waals surface area contributed by atoms with Crippen molar-refractivity contribution in [3.8, 4) is 0 Å². The lowest BCUT2D eigenvalue weighted by molar-refractivity contribution is -0.119. The lowest BCUT2D eigenvalue weighted by atomic mass is 9.69. The third-order valence-electron chi connectivity index (χ3n) is 8.81. The van der Waals surface area contributed by atoms with Crippen LogP contribution in [0.15, 0.2) is 24.4 Å². The summed E-state index contributed by atoms with van der Waals surface area (Å²) in [5.74, 6) is 3.54. The number of anilines is 1. The van der Waals surface area contributed by atoms with Crippen molar-refractivity contribution in [3.05, 3.63) is 30.1 Å². The molecule has 4 saturated carbocycles. The Morgan fingerprint density at radius 2 is 2.00 bits per heavy atom. The van der Waals surface area contributed by atoms with Crippen LogP contribution >= 0.6 is 0 Å². The van der Waals surface area contributed by atoms with Crippen LogP contribution in [0.5, 0.6) is 0 Å². The number of pyridine rings is 1. The minimum atomic E-state index is -0.0368. The van der Waals surface area contributed by atoms with Crippen molar-refractivity contribution in [3.63, 3.8) is 0 Å². The highest BCUT2D eigenvalue weighted by Gasteiger charge is 2.76. The fourth-order valence-corrected chi connectivity index (χ4v) is 7.63. The molecule has 2 aromatic heterocycles. The molecule has 4 aliphatic rings. The second-order valence-corrected chi connectivity index (χ2v) is 11.1. The van der Waals surface area contributed by atoms with E-state index < -0.39 is 0 Å². The first-order chi connectivity index (χ1) is 15.5. The molecule has 0 aliphatic heterocycles. The van der Waals surface area contributed by atoms with E-state index in [1.165, 1.54) is 32.1 Å². The van der Waals surface area contributed by atoms with Gasteiger partial charge in [-0.3, -0.25) is 14.0 Å². The molecular weight excluding hydrogens is 400 g/mol. The molecule has 0 saturated heterocycles. The van der Waals surface area contributed by atoms with Crippen molar-refractivity contribution >= 4 is 23.3 Å². The maximum atomic E-state index is 13.1. The van der Waals surface area contributed by atoms with Crippen LogP contribution in [0.2, 0.25) is 0 Å². The van der Waals surface area contributed by atoms with Crippen LogP contribution in [-0.2, 0) is 4.79 Å². The second kappa shape index (κ2) is 7.06. The standard InChI is InChI=1S/C26H34N4O2/c1-3-8-29(9-4-2)24(32)20-15-30-21(27-20)6-5-7-22(30)28-23(31)14-25-11-17-10-19(17)26(16-25)13-18(26)12-25/h5-7,15,17-19H,3-4,8-14,16H2,1-2H3,(H,28,31). The van der Waals surface area contributed by atoms with Gasteiger partial charge < -0.3 is 10.2 Å². The average Bonchev–Trinajstić information content (AvgIpc) is 3.58. The first-order valence-corrected chi connectivity index (χ1v) is 12.5. The number of amides is 2. The van der Waals surface area contributed by atoms with Crippen LogP contribution in [0.3, 0.4) is 0 Å². The lowest BCUT2D eigenvalue weighted by Gasteiger charge is -2.35. The van der Waals surface area contributed by atoms with Gasteiger partial charge in [0.1, 0.15) is 17.2 Å². The van der Waals surface area contributed by atoms with Crippen molar-refractivity contribution in [2.75, 3.05) is 18.4 Å². The molecule has 4 aliphatic carbocycles. The molecule has 6 rings (SSSR count). The van der Waals surface area contributed by atoms with E-state index in [0.717, 1.165) is 43.7 Å². The Morgan fingerprint density at radius 3 is 2.78 bits per heavy atom. The van der Waals surface area contributed by atoms with Crippen LogP contribution in [0.1, 0.15) is 75.7 Å². The SMILES string of the molecule is CCCN(CCC)C(=O)c1cn2c(NC(=O)CC34CC5CC5C5(CC5C3)C4)cccc2n1. The molecule has 0 aromatic carbocycles. The molecule has 32 heavy (non-hydrogen) atoms. The molecule has 2 amide bonds. The van der Waals surface area contributed by atoms with Crippen LogP contribution in [0.25, 0.3) is 5.65 Å². The Balaban J connectivity index is 1.19. The normalized spacial score (nSPS) is 33.5. The molecule has 1 N–H and O–H groups in total. The van der Waals surface area contributed by atoms with Crippen molar-refractivity contribution in [1.29, 1.82) is 0 Å². The van der Waals surface area contributed by atoms with E-state index in [-0.39, 0.29) is 17.2 Å². The summed E-state index contributed by atoms with van der Waals surface area (Å²) in [6, 6.07) is 5.69. The Labute approximate surface area is 189 Å². The van der Waals surface area contributed by atoms with Gasteiger partial charge in [0.25, 0.3) is 5.91 Å². The number of fused-ring (bicyclic) bond motifs is 3. The van der Waals surface area contributed by atoms with Crippen LogP contribution < -0.4 is 5.32 Å². The number of carbonyl (C=O) groups is 2. The zero-order valence-corrected chi connectivity index (χ0v) is 19.3. The van der Waals surface area contributed by atoms with Crippen molar-refractivity contribution < 1.29 is 9.59 Å². The Bertz CT molecular complexity index is 1080. The molecule has 6 nitrogen and oxygen atoms in total. The first kappa shape index (κ1) is 20.3. The molecule has 5 atom stereocenters. The zero-order chi connectivity index (χ0) is 22.1. The minimum Gasteiger partial charge on any atom is -0.337 e. The number of nitrogens with zero attached hydrogens (tertiary/aromatic N) is 3. The number of aromatic nitrogens is 2. The van der Waals surface area contributed by atoms with E-state index in [1.807, 2.05) is 27.5 Å². The topological polar surface area (TPSA) is 66.7 Å². The van der Waals surface area contributed by atoms with E-state index in [4.69, 9.17) is 0 Å². The van der Waals surface area contributed by atoms with E-state index in [1.54, 1.807) is 6.20 Å². The summed E-state index contributed by atoms with van der Waals surface area (Å²) in [5, 5.41) is 3.16. The highest BCUT2D eigenvalue weighted by molar-refractivity contribution is 5.94. The number of rotatable bonds is 8. The molecule has 2 bridgehead atoms. The Kier molecular flexibility index (Phi) is 4.47. The van der Waals surface area contributed by atoms with Crippen molar-refractivity contribution in [2.24, 2.45) is 28.6 Å². The average molecular weight is 435 g/mol. The number of imidazole rings is 1. The minimum absolute atomic E-state index is 0.0368. The summed E-state index contributed by atoms with van der Waals surface area (Å²) in [6.07, 6.45) is 10.9. The molecule has 6 heteroatoms. The van der Waals surface area contributed by atoms with Crippen molar-refractivity contribution in [1.82, 2.24) is 14.3 Å². The van der Waals surface area contributed by atoms with Gasteiger partial charge in [0, 0.05) is 25.7 Å². The highest BCUT2D eigenvalue weighted by atomic mass is 16.2. The first-order valence-electron chi connectivity index (χ1n) is 12.5. The van der Waals surface area contributed by atoms with Gasteiger partial charge in [-0.05, 0) is 85.7 Å². The summed E-state index contributed by atoms with van der Waals surface area (Å²) >= 11 is 0. The summed E-state index contributed by atoms with van der Waals surface area (Å²) in [7, 11) is 0. The predicted molar refractivity (Wildman–Crippen MR) is 123 cm³/mol. The van der Waals surface area contributed by atoms with Gasteiger partial charge in [0.2, 0.25) is 5.91 Å². The summed E-state index contributed by atoms with van der Waals surface area (Å²) in [5.41, 5.74) is 2.00. The fraction of sp³-hybridized carbons (Fsp3) is 0.654. The fourth-order valence-electron chi connectivity index (χ4n) is 7.63. The molecule has 4 fully saturated rings. The van der Waals surface area contributed by atoms with Gasteiger partial charge in [0.05, 0.1) is 0 Å². The second-order valence-electron chi connectivity index (χ2n) is 11.1. The quantitative estimate of drug-likeness (QED) is 0.652. The van der Waals surface area contributed by atoms with Gasteiger partial charge in [0.15, 0.2) is 0 Å². The van der Waals surface area contributed by atoms with E-state index in [0.29, 0.717) is 29.0 Å². The largest absolute Gasteiger partial charge is 0.337 e. The van der Waals surface area contributed by atoms with Crippen LogP contribution in [0, 0.1) is 28.6 Å². The molecule has 2 aromatic rings. The molecule has 1 spiro atoms. The number of nitrogens with one attached hydrogen (secondary N) is 1. The van der Waals surface area contributed by atoms with E-state index in [2.05, 4.69) is 24.1 Å². The third-order valence-corrected chi connectivity index (χ3v) is 8.81. The highest BCUT2D eigenvalue weighted by Crippen LogP contribution is 2.84. The Hall–Kier alpha value is -2.37.